The molecule has 2 fully saturated rings. The summed E-state index contributed by atoms with van der Waals surface area (Å²) in [6.07, 6.45) is 1.93. The van der Waals surface area contributed by atoms with Crippen molar-refractivity contribution in [3.05, 3.63) is 0 Å². The zero-order chi connectivity index (χ0) is 12.4. The largest absolute Gasteiger partial charge is 0.481 e. The van der Waals surface area contributed by atoms with E-state index in [-0.39, 0.29) is 23.8 Å². The molecule has 5 nitrogen and oxygen atoms in total. The number of carbonyl (C=O) groups is 2. The van der Waals surface area contributed by atoms with Gasteiger partial charge in [0.25, 0.3) is 0 Å². The van der Waals surface area contributed by atoms with Crippen LogP contribution in [0.2, 0.25) is 0 Å². The Labute approximate surface area is 101 Å². The Hall–Kier alpha value is -1.10. The maximum absolute atomic E-state index is 12.2. The lowest BCUT2D eigenvalue weighted by atomic mass is 10.0. The molecule has 1 aliphatic carbocycles. The topological polar surface area (TPSA) is 66.8 Å². The highest BCUT2D eigenvalue weighted by Crippen LogP contribution is 2.32. The summed E-state index contributed by atoms with van der Waals surface area (Å²) < 4.78 is 5.39. The Morgan fingerprint density at radius 2 is 2.00 bits per heavy atom. The second-order valence-corrected chi connectivity index (χ2v) is 5.01. The van der Waals surface area contributed by atoms with Gasteiger partial charge in [-0.3, -0.25) is 9.59 Å². The van der Waals surface area contributed by atoms with E-state index in [1.807, 2.05) is 11.8 Å². The molecule has 1 saturated carbocycles. The third-order valence-corrected chi connectivity index (χ3v) is 3.68. The number of carboxylic acid groups (broad SMARTS) is 1. The number of hydrogen-bond donors (Lipinski definition) is 1. The fourth-order valence-corrected chi connectivity index (χ4v) is 2.71. The first-order valence-corrected chi connectivity index (χ1v) is 6.21. The van der Waals surface area contributed by atoms with Crippen LogP contribution in [0, 0.1) is 11.8 Å². The van der Waals surface area contributed by atoms with E-state index in [1.165, 1.54) is 0 Å². The van der Waals surface area contributed by atoms with Gasteiger partial charge in [0.2, 0.25) is 5.91 Å². The van der Waals surface area contributed by atoms with E-state index >= 15 is 0 Å². The number of nitrogens with zero attached hydrogens (tertiary/aromatic N) is 1. The standard InChI is InChI=1S/C12H19NO4/c1-8-7-13(4-5-17-8)11(14)9-2-3-10(6-9)12(15)16/h8-10H,2-7H2,1H3,(H,15,16)/t8?,9-,10+/m1/s1. The monoisotopic (exact) mass is 241 g/mol. The molecule has 0 radical (unpaired) electrons. The molecule has 0 aromatic rings. The van der Waals surface area contributed by atoms with Crippen molar-refractivity contribution >= 4 is 11.9 Å². The highest BCUT2D eigenvalue weighted by Gasteiger charge is 2.36. The lowest BCUT2D eigenvalue weighted by Gasteiger charge is -2.32. The quantitative estimate of drug-likeness (QED) is 0.774. The van der Waals surface area contributed by atoms with Crippen molar-refractivity contribution < 1.29 is 19.4 Å². The summed E-state index contributed by atoms with van der Waals surface area (Å²) in [5, 5.41) is 8.92. The summed E-state index contributed by atoms with van der Waals surface area (Å²) in [6.45, 7) is 3.81. The van der Waals surface area contributed by atoms with Crippen molar-refractivity contribution in [2.45, 2.75) is 32.3 Å². The number of aliphatic carboxylic acids is 1. The average molecular weight is 241 g/mol. The first kappa shape index (κ1) is 12.4. The highest BCUT2D eigenvalue weighted by atomic mass is 16.5. The normalized spacial score (nSPS) is 33.7. The molecule has 0 spiro atoms. The first-order chi connectivity index (χ1) is 8.08. The van der Waals surface area contributed by atoms with E-state index in [0.717, 1.165) is 0 Å². The number of amides is 1. The Bertz CT molecular complexity index is 318. The molecule has 1 heterocycles. The summed E-state index contributed by atoms with van der Waals surface area (Å²) >= 11 is 0. The molecule has 0 aromatic heterocycles. The van der Waals surface area contributed by atoms with Crippen LogP contribution in [0.25, 0.3) is 0 Å². The van der Waals surface area contributed by atoms with Crippen LogP contribution < -0.4 is 0 Å². The van der Waals surface area contributed by atoms with Crippen LogP contribution in [0.4, 0.5) is 0 Å². The first-order valence-electron chi connectivity index (χ1n) is 6.21. The molecule has 0 bridgehead atoms. The summed E-state index contributed by atoms with van der Waals surface area (Å²) in [5.41, 5.74) is 0. The minimum atomic E-state index is -0.768. The van der Waals surface area contributed by atoms with Crippen molar-refractivity contribution in [2.24, 2.45) is 11.8 Å². The molecule has 1 unspecified atom stereocenters. The summed E-state index contributed by atoms with van der Waals surface area (Å²) in [6, 6.07) is 0. The number of ether oxygens (including phenoxy) is 1. The van der Waals surface area contributed by atoms with Crippen LogP contribution >= 0.6 is 0 Å². The molecule has 1 saturated heterocycles. The molecule has 1 aliphatic heterocycles. The molecular weight excluding hydrogens is 222 g/mol. The van der Waals surface area contributed by atoms with Crippen molar-refractivity contribution in [3.63, 3.8) is 0 Å². The van der Waals surface area contributed by atoms with Gasteiger partial charge in [0.05, 0.1) is 18.6 Å². The fraction of sp³-hybridized carbons (Fsp3) is 0.833. The van der Waals surface area contributed by atoms with E-state index in [1.54, 1.807) is 0 Å². The van der Waals surface area contributed by atoms with Crippen molar-refractivity contribution in [1.82, 2.24) is 4.90 Å². The van der Waals surface area contributed by atoms with Crippen LogP contribution in [0.5, 0.6) is 0 Å². The lowest BCUT2D eigenvalue weighted by molar-refractivity contribution is -0.143. The molecule has 96 valence electrons. The molecular formula is C12H19NO4. The predicted molar refractivity (Wildman–Crippen MR) is 60.5 cm³/mol. The Morgan fingerprint density at radius 1 is 1.29 bits per heavy atom. The Morgan fingerprint density at radius 3 is 2.59 bits per heavy atom. The Kier molecular flexibility index (Phi) is 3.66. The maximum atomic E-state index is 12.2. The van der Waals surface area contributed by atoms with E-state index in [0.29, 0.717) is 39.0 Å². The summed E-state index contributed by atoms with van der Waals surface area (Å²) in [7, 11) is 0. The van der Waals surface area contributed by atoms with E-state index in [2.05, 4.69) is 0 Å². The number of rotatable bonds is 2. The van der Waals surface area contributed by atoms with Gasteiger partial charge >= 0.3 is 5.97 Å². The number of carboxylic acids is 1. The van der Waals surface area contributed by atoms with Crippen LogP contribution in [-0.2, 0) is 14.3 Å². The van der Waals surface area contributed by atoms with Gasteiger partial charge in [0.1, 0.15) is 0 Å². The van der Waals surface area contributed by atoms with E-state index < -0.39 is 5.97 Å². The molecule has 5 heteroatoms. The third-order valence-electron chi connectivity index (χ3n) is 3.68. The Balaban J connectivity index is 1.90. The lowest BCUT2D eigenvalue weighted by Crippen LogP contribution is -2.46. The SMILES string of the molecule is CC1CN(C(=O)[C@@H]2CC[C@H](C(=O)O)C2)CCO1. The van der Waals surface area contributed by atoms with Gasteiger partial charge < -0.3 is 14.7 Å². The molecule has 17 heavy (non-hydrogen) atoms. The minimum absolute atomic E-state index is 0.0874. The van der Waals surface area contributed by atoms with Gasteiger partial charge in [-0.2, -0.15) is 0 Å². The fourth-order valence-electron chi connectivity index (χ4n) is 2.71. The van der Waals surface area contributed by atoms with Gasteiger partial charge in [-0.05, 0) is 26.2 Å². The van der Waals surface area contributed by atoms with Crippen LogP contribution in [0.3, 0.4) is 0 Å². The summed E-state index contributed by atoms with van der Waals surface area (Å²) in [4.78, 5) is 24.9. The highest BCUT2D eigenvalue weighted by molar-refractivity contribution is 5.81. The molecule has 2 aliphatic rings. The van der Waals surface area contributed by atoms with Crippen molar-refractivity contribution in [2.75, 3.05) is 19.7 Å². The van der Waals surface area contributed by atoms with E-state index in [4.69, 9.17) is 9.84 Å². The van der Waals surface area contributed by atoms with E-state index in [9.17, 15) is 9.59 Å². The zero-order valence-electron chi connectivity index (χ0n) is 10.1. The number of carbonyl (C=O) groups excluding carboxylic acids is 1. The molecule has 0 aromatic carbocycles. The van der Waals surface area contributed by atoms with Crippen LogP contribution in [-0.4, -0.2) is 47.7 Å². The molecule has 3 atom stereocenters. The van der Waals surface area contributed by atoms with Crippen LogP contribution in [0.15, 0.2) is 0 Å². The van der Waals surface area contributed by atoms with Crippen molar-refractivity contribution in [3.8, 4) is 0 Å². The van der Waals surface area contributed by atoms with Gasteiger partial charge in [-0.1, -0.05) is 0 Å². The molecule has 1 amide bonds. The zero-order valence-corrected chi connectivity index (χ0v) is 10.1. The molecule has 1 N–H and O–H groups in total. The van der Waals surface area contributed by atoms with Gasteiger partial charge in [0, 0.05) is 19.0 Å². The van der Waals surface area contributed by atoms with Gasteiger partial charge in [-0.25, -0.2) is 0 Å². The number of hydrogen-bond acceptors (Lipinski definition) is 3. The van der Waals surface area contributed by atoms with Gasteiger partial charge in [-0.15, -0.1) is 0 Å². The predicted octanol–water partition coefficient (Wildman–Crippen LogP) is 0.735. The van der Waals surface area contributed by atoms with Crippen LogP contribution in [0.1, 0.15) is 26.2 Å². The minimum Gasteiger partial charge on any atom is -0.481 e. The van der Waals surface area contributed by atoms with Crippen molar-refractivity contribution in [1.29, 1.82) is 0 Å². The third kappa shape index (κ3) is 2.77. The maximum Gasteiger partial charge on any atom is 0.306 e. The second kappa shape index (κ2) is 5.04. The number of morpholine rings is 1. The average Bonchev–Trinajstić information content (AvgIpc) is 2.77. The smallest absolute Gasteiger partial charge is 0.306 e. The summed E-state index contributed by atoms with van der Waals surface area (Å²) in [5.74, 6) is -1.08. The van der Waals surface area contributed by atoms with Gasteiger partial charge in [0.15, 0.2) is 0 Å². The second-order valence-electron chi connectivity index (χ2n) is 5.01. The molecule has 2 rings (SSSR count).